The first-order chi connectivity index (χ1) is 17.6. The Morgan fingerprint density at radius 1 is 1.22 bits per heavy atom. The highest BCUT2D eigenvalue weighted by molar-refractivity contribution is 6.02. The summed E-state index contributed by atoms with van der Waals surface area (Å²) in [4.78, 5) is 52.6. The van der Waals surface area contributed by atoms with Crippen molar-refractivity contribution in [1.82, 2.24) is 20.4 Å². The van der Waals surface area contributed by atoms with Crippen molar-refractivity contribution in [1.29, 1.82) is 0 Å². The molecule has 1 saturated carbocycles. The number of nitrogens with one attached hydrogen (secondary N) is 2. The van der Waals surface area contributed by atoms with E-state index >= 15 is 0 Å². The summed E-state index contributed by atoms with van der Waals surface area (Å²) in [7, 11) is 3.76. The SMILES string of the molecule is CN(C)CCOc1cccc(C(F)(F)C(=O)NCC2CCC3C(=O)N(C4CCC(=O)NC4=O)CC3C2)c1. The molecule has 0 bridgehead atoms. The van der Waals surface area contributed by atoms with Crippen LogP contribution in [-0.2, 0) is 25.1 Å². The van der Waals surface area contributed by atoms with Gasteiger partial charge in [0, 0.05) is 37.5 Å². The number of alkyl halides is 2. The number of carbonyl (C=O) groups is 4. The summed E-state index contributed by atoms with van der Waals surface area (Å²) < 4.78 is 35.4. The van der Waals surface area contributed by atoms with Gasteiger partial charge in [0.05, 0.1) is 0 Å². The minimum absolute atomic E-state index is 0.00918. The molecule has 1 aromatic rings. The Morgan fingerprint density at radius 3 is 2.73 bits per heavy atom. The van der Waals surface area contributed by atoms with Gasteiger partial charge in [-0.05, 0) is 63.7 Å². The standard InChI is InChI=1S/C26H34F2N4O5/c1-31(2)10-11-37-19-5-3-4-18(13-19)26(27,28)25(36)29-14-16-6-7-20-17(12-16)15-32(24(20)35)21-8-9-22(33)30-23(21)34/h3-5,13,16-17,20-21H,6-12,14-15H2,1-2H3,(H,29,36)(H,30,33,34). The lowest BCUT2D eigenvalue weighted by Crippen LogP contribution is -2.53. The van der Waals surface area contributed by atoms with Gasteiger partial charge in [0.25, 0.3) is 5.91 Å². The van der Waals surface area contributed by atoms with E-state index in [2.05, 4.69) is 10.6 Å². The largest absolute Gasteiger partial charge is 0.492 e. The predicted octanol–water partition coefficient (Wildman–Crippen LogP) is 1.51. The van der Waals surface area contributed by atoms with Crippen molar-refractivity contribution in [3.63, 3.8) is 0 Å². The Balaban J connectivity index is 1.30. The molecule has 1 aliphatic carbocycles. The molecule has 202 valence electrons. The van der Waals surface area contributed by atoms with Crippen LogP contribution in [0.3, 0.4) is 0 Å². The normalized spacial score (nSPS) is 26.2. The Bertz CT molecular complexity index is 1050. The number of amides is 4. The van der Waals surface area contributed by atoms with E-state index < -0.39 is 29.3 Å². The summed E-state index contributed by atoms with van der Waals surface area (Å²) in [5.74, 6) is -5.94. The lowest BCUT2D eigenvalue weighted by molar-refractivity contribution is -0.147. The molecule has 3 aliphatic rings. The van der Waals surface area contributed by atoms with Gasteiger partial charge in [0.15, 0.2) is 0 Å². The third-order valence-electron chi connectivity index (χ3n) is 7.55. The van der Waals surface area contributed by atoms with Crippen LogP contribution in [-0.4, -0.2) is 79.8 Å². The highest BCUT2D eigenvalue weighted by atomic mass is 19.3. The number of halogens is 2. The number of fused-ring (bicyclic) bond motifs is 1. The van der Waals surface area contributed by atoms with Gasteiger partial charge in [0.2, 0.25) is 17.7 Å². The molecule has 2 N–H and O–H groups in total. The fourth-order valence-corrected chi connectivity index (χ4v) is 5.50. The van der Waals surface area contributed by atoms with Crippen LogP contribution in [0.2, 0.25) is 0 Å². The van der Waals surface area contributed by atoms with Gasteiger partial charge in [-0.25, -0.2) is 0 Å². The number of likely N-dealkylation sites (N-methyl/N-ethyl adjacent to an activating group) is 1. The quantitative estimate of drug-likeness (QED) is 0.478. The number of ether oxygens (including phenoxy) is 1. The molecule has 4 amide bonds. The van der Waals surface area contributed by atoms with Crippen LogP contribution < -0.4 is 15.4 Å². The number of hydrogen-bond donors (Lipinski definition) is 2. The van der Waals surface area contributed by atoms with Gasteiger partial charge >= 0.3 is 5.92 Å². The number of benzene rings is 1. The zero-order valence-electron chi connectivity index (χ0n) is 21.2. The number of likely N-dealkylation sites (tertiary alicyclic amines) is 1. The van der Waals surface area contributed by atoms with Crippen molar-refractivity contribution < 1.29 is 32.7 Å². The Kier molecular flexibility index (Phi) is 8.11. The molecule has 0 aromatic heterocycles. The molecule has 4 atom stereocenters. The average molecular weight is 521 g/mol. The van der Waals surface area contributed by atoms with E-state index in [-0.39, 0.29) is 48.3 Å². The molecule has 2 aliphatic heterocycles. The number of carbonyl (C=O) groups excluding carboxylic acids is 4. The lowest BCUT2D eigenvalue weighted by Gasteiger charge is -2.30. The second-order valence-electron chi connectivity index (χ2n) is 10.5. The molecular formula is C26H34F2N4O5. The molecule has 4 rings (SSSR count). The summed E-state index contributed by atoms with van der Waals surface area (Å²) in [5, 5.41) is 4.70. The first kappa shape index (κ1) is 27.0. The smallest absolute Gasteiger partial charge is 0.349 e. The highest BCUT2D eigenvalue weighted by Crippen LogP contribution is 2.41. The Hall–Kier alpha value is -3.08. The first-order valence-electron chi connectivity index (χ1n) is 12.7. The van der Waals surface area contributed by atoms with Gasteiger partial charge in [-0.3, -0.25) is 24.5 Å². The molecule has 37 heavy (non-hydrogen) atoms. The van der Waals surface area contributed by atoms with Crippen LogP contribution in [0.15, 0.2) is 24.3 Å². The van der Waals surface area contributed by atoms with Gasteiger partial charge in [0.1, 0.15) is 18.4 Å². The highest BCUT2D eigenvalue weighted by Gasteiger charge is 2.48. The number of hydrogen-bond acceptors (Lipinski definition) is 6. The maximum absolute atomic E-state index is 14.9. The third kappa shape index (κ3) is 6.08. The first-order valence-corrected chi connectivity index (χ1v) is 12.7. The molecule has 2 heterocycles. The maximum atomic E-state index is 14.9. The summed E-state index contributed by atoms with van der Waals surface area (Å²) in [6.45, 7) is 1.45. The van der Waals surface area contributed by atoms with Crippen LogP contribution in [0.5, 0.6) is 5.75 Å². The monoisotopic (exact) mass is 520 g/mol. The summed E-state index contributed by atoms with van der Waals surface area (Å²) in [5.41, 5.74) is -0.433. The van der Waals surface area contributed by atoms with Crippen molar-refractivity contribution in [2.75, 3.05) is 40.3 Å². The van der Waals surface area contributed by atoms with Crippen LogP contribution >= 0.6 is 0 Å². The van der Waals surface area contributed by atoms with Crippen LogP contribution in [0.1, 0.15) is 37.7 Å². The van der Waals surface area contributed by atoms with Crippen molar-refractivity contribution in [3.05, 3.63) is 29.8 Å². The minimum Gasteiger partial charge on any atom is -0.492 e. The lowest BCUT2D eigenvalue weighted by atomic mass is 9.75. The van der Waals surface area contributed by atoms with Gasteiger partial charge in [-0.15, -0.1) is 0 Å². The average Bonchev–Trinajstić information content (AvgIpc) is 3.17. The summed E-state index contributed by atoms with van der Waals surface area (Å²) >= 11 is 0. The zero-order valence-corrected chi connectivity index (χ0v) is 21.2. The topological polar surface area (TPSA) is 108 Å². The van der Waals surface area contributed by atoms with E-state index in [9.17, 15) is 28.0 Å². The van der Waals surface area contributed by atoms with Crippen molar-refractivity contribution in [2.24, 2.45) is 17.8 Å². The summed E-state index contributed by atoms with van der Waals surface area (Å²) in [6, 6.07) is 4.77. The fraction of sp³-hybridized carbons (Fsp3) is 0.615. The van der Waals surface area contributed by atoms with E-state index in [0.717, 1.165) is 0 Å². The van der Waals surface area contributed by atoms with Gasteiger partial charge in [-0.1, -0.05) is 12.1 Å². The molecule has 11 heteroatoms. The minimum atomic E-state index is -3.72. The van der Waals surface area contributed by atoms with Crippen molar-refractivity contribution >= 4 is 23.6 Å². The number of nitrogens with zero attached hydrogens (tertiary/aromatic N) is 2. The van der Waals surface area contributed by atoms with Gasteiger partial charge in [-0.2, -0.15) is 8.78 Å². The van der Waals surface area contributed by atoms with Crippen LogP contribution in [0, 0.1) is 17.8 Å². The molecule has 2 saturated heterocycles. The van der Waals surface area contributed by atoms with E-state index in [1.807, 2.05) is 19.0 Å². The van der Waals surface area contributed by atoms with E-state index in [1.165, 1.54) is 18.2 Å². The third-order valence-corrected chi connectivity index (χ3v) is 7.55. The zero-order chi connectivity index (χ0) is 26.7. The van der Waals surface area contributed by atoms with Gasteiger partial charge < -0.3 is 19.9 Å². The predicted molar refractivity (Wildman–Crippen MR) is 130 cm³/mol. The molecule has 9 nitrogen and oxygen atoms in total. The maximum Gasteiger partial charge on any atom is 0.349 e. The number of rotatable bonds is 9. The summed E-state index contributed by atoms with van der Waals surface area (Å²) in [6.07, 6.45) is 2.31. The Morgan fingerprint density at radius 2 is 2.00 bits per heavy atom. The van der Waals surface area contributed by atoms with E-state index in [0.29, 0.717) is 45.4 Å². The van der Waals surface area contributed by atoms with Crippen LogP contribution in [0.4, 0.5) is 8.78 Å². The number of piperidine rings is 1. The molecule has 3 fully saturated rings. The van der Waals surface area contributed by atoms with E-state index in [1.54, 1.807) is 11.0 Å². The van der Waals surface area contributed by atoms with E-state index in [4.69, 9.17) is 4.74 Å². The molecule has 0 radical (unpaired) electrons. The molecule has 4 unspecified atom stereocenters. The van der Waals surface area contributed by atoms with Crippen LogP contribution in [0.25, 0.3) is 0 Å². The fourth-order valence-electron chi connectivity index (χ4n) is 5.50. The molecular weight excluding hydrogens is 486 g/mol. The Labute approximate surface area is 214 Å². The molecule has 0 spiro atoms. The van der Waals surface area contributed by atoms with Crippen molar-refractivity contribution in [2.45, 2.75) is 44.1 Å². The number of imide groups is 1. The second-order valence-corrected chi connectivity index (χ2v) is 10.5. The van der Waals surface area contributed by atoms with Crippen molar-refractivity contribution in [3.8, 4) is 5.75 Å². The molecule has 1 aromatic carbocycles. The second kappa shape index (κ2) is 11.1.